The Morgan fingerprint density at radius 2 is 2.00 bits per heavy atom. The van der Waals surface area contributed by atoms with E-state index in [0.717, 1.165) is 43.5 Å². The molecule has 1 aromatic rings. The maximum atomic E-state index is 6.33. The van der Waals surface area contributed by atoms with Crippen LogP contribution in [0.25, 0.3) is 0 Å². The van der Waals surface area contributed by atoms with Gasteiger partial charge in [0.15, 0.2) is 0 Å². The van der Waals surface area contributed by atoms with Gasteiger partial charge in [0.1, 0.15) is 0 Å². The molecule has 0 aromatic heterocycles. The number of nitrogens with one attached hydrogen (secondary N) is 1. The van der Waals surface area contributed by atoms with Gasteiger partial charge >= 0.3 is 0 Å². The highest BCUT2D eigenvalue weighted by Gasteiger charge is 2.07. The van der Waals surface area contributed by atoms with E-state index in [0.29, 0.717) is 0 Å². The van der Waals surface area contributed by atoms with Crippen LogP contribution >= 0.6 is 11.6 Å². The largest absolute Gasteiger partial charge is 0.383 e. The minimum atomic E-state index is 0.727. The number of hydrogen-bond acceptors (Lipinski definition) is 3. The van der Waals surface area contributed by atoms with E-state index >= 15 is 0 Å². The monoisotopic (exact) mass is 270 g/mol. The summed E-state index contributed by atoms with van der Waals surface area (Å²) in [6.45, 7) is 8.63. The zero-order valence-electron chi connectivity index (χ0n) is 11.5. The molecule has 1 aromatic carbocycles. The molecule has 18 heavy (non-hydrogen) atoms. The Morgan fingerprint density at radius 3 is 2.56 bits per heavy atom. The van der Waals surface area contributed by atoms with E-state index in [-0.39, 0.29) is 0 Å². The molecule has 0 aliphatic heterocycles. The van der Waals surface area contributed by atoms with Gasteiger partial charge in [0.05, 0.1) is 17.3 Å². The maximum absolute atomic E-state index is 6.33. The van der Waals surface area contributed by atoms with Crippen LogP contribution in [-0.4, -0.2) is 33.4 Å². The lowest BCUT2D eigenvalue weighted by Crippen LogP contribution is -2.22. The van der Waals surface area contributed by atoms with Crippen molar-refractivity contribution >= 4 is 17.3 Å². The van der Waals surface area contributed by atoms with Crippen molar-refractivity contribution in [3.8, 4) is 0 Å². The molecule has 0 fully saturated rings. The van der Waals surface area contributed by atoms with Crippen LogP contribution in [-0.2, 0) is 11.3 Å². The van der Waals surface area contributed by atoms with Crippen LogP contribution in [0.2, 0.25) is 5.02 Å². The van der Waals surface area contributed by atoms with Gasteiger partial charge in [-0.05, 0) is 31.5 Å². The summed E-state index contributed by atoms with van der Waals surface area (Å²) in [6, 6.07) is 6.26. The number of nitrogens with zero attached hydrogens (tertiary/aromatic N) is 1. The van der Waals surface area contributed by atoms with Crippen LogP contribution in [0, 0.1) is 0 Å². The molecule has 0 saturated carbocycles. The molecule has 0 bridgehead atoms. The number of hydrogen-bond donors (Lipinski definition) is 1. The molecule has 102 valence electrons. The van der Waals surface area contributed by atoms with Gasteiger partial charge in [0, 0.05) is 33.3 Å². The fourth-order valence-electron chi connectivity index (χ4n) is 1.89. The first-order valence-corrected chi connectivity index (χ1v) is 6.83. The number of rotatable bonds is 8. The average molecular weight is 271 g/mol. The second-order valence-electron chi connectivity index (χ2n) is 4.13. The summed E-state index contributed by atoms with van der Waals surface area (Å²) < 4.78 is 4.99. The van der Waals surface area contributed by atoms with Crippen molar-refractivity contribution in [1.29, 1.82) is 0 Å². The molecule has 1 N–H and O–H groups in total. The van der Waals surface area contributed by atoms with Crippen molar-refractivity contribution in [2.45, 2.75) is 20.4 Å². The summed E-state index contributed by atoms with van der Waals surface area (Å²) >= 11 is 6.33. The predicted molar refractivity (Wildman–Crippen MR) is 78.6 cm³/mol. The minimum absolute atomic E-state index is 0.727. The van der Waals surface area contributed by atoms with E-state index in [2.05, 4.69) is 36.2 Å². The molecular weight excluding hydrogens is 248 g/mol. The van der Waals surface area contributed by atoms with Crippen LogP contribution in [0.1, 0.15) is 19.4 Å². The molecule has 0 spiro atoms. The first kappa shape index (κ1) is 15.3. The fraction of sp³-hybridized carbons (Fsp3) is 0.571. The molecule has 0 aliphatic carbocycles. The van der Waals surface area contributed by atoms with Gasteiger partial charge in [-0.3, -0.25) is 0 Å². The van der Waals surface area contributed by atoms with Crippen molar-refractivity contribution in [3.63, 3.8) is 0 Å². The van der Waals surface area contributed by atoms with Gasteiger partial charge < -0.3 is 15.0 Å². The Bertz CT molecular complexity index is 354. The van der Waals surface area contributed by atoms with Gasteiger partial charge in [0.2, 0.25) is 0 Å². The number of benzene rings is 1. The van der Waals surface area contributed by atoms with Crippen molar-refractivity contribution in [2.24, 2.45) is 0 Å². The van der Waals surface area contributed by atoms with E-state index in [4.69, 9.17) is 16.3 Å². The van der Waals surface area contributed by atoms with E-state index in [1.807, 2.05) is 6.07 Å². The Hall–Kier alpha value is -0.770. The summed E-state index contributed by atoms with van der Waals surface area (Å²) in [6.07, 6.45) is 0. The molecule has 0 amide bonds. The smallest absolute Gasteiger partial charge is 0.0642 e. The molecule has 0 atom stereocenters. The Kier molecular flexibility index (Phi) is 7.09. The van der Waals surface area contributed by atoms with Crippen LogP contribution in [0.15, 0.2) is 18.2 Å². The molecule has 3 nitrogen and oxygen atoms in total. The summed E-state index contributed by atoms with van der Waals surface area (Å²) in [7, 11) is 1.71. The number of methoxy groups -OCH3 is 1. The van der Waals surface area contributed by atoms with Crippen molar-refractivity contribution in [2.75, 3.05) is 38.3 Å². The molecule has 0 radical (unpaired) electrons. The molecule has 0 aliphatic rings. The second kappa shape index (κ2) is 8.35. The van der Waals surface area contributed by atoms with Crippen molar-refractivity contribution < 1.29 is 4.74 Å². The third kappa shape index (κ3) is 4.48. The van der Waals surface area contributed by atoms with E-state index in [9.17, 15) is 0 Å². The lowest BCUT2D eigenvalue weighted by Gasteiger charge is -2.22. The average Bonchev–Trinajstić information content (AvgIpc) is 2.38. The Labute approximate surface area is 115 Å². The highest BCUT2D eigenvalue weighted by Crippen LogP contribution is 2.26. The lowest BCUT2D eigenvalue weighted by molar-refractivity contribution is 0.199. The summed E-state index contributed by atoms with van der Waals surface area (Å²) in [5, 5.41) is 4.13. The van der Waals surface area contributed by atoms with Crippen LogP contribution in [0.3, 0.4) is 0 Å². The van der Waals surface area contributed by atoms with E-state index in [1.54, 1.807) is 7.11 Å². The quantitative estimate of drug-likeness (QED) is 0.735. The van der Waals surface area contributed by atoms with Gasteiger partial charge in [-0.1, -0.05) is 17.7 Å². The molecule has 0 saturated heterocycles. The van der Waals surface area contributed by atoms with Crippen LogP contribution in [0.4, 0.5) is 5.69 Å². The summed E-state index contributed by atoms with van der Waals surface area (Å²) in [5.41, 5.74) is 2.31. The van der Waals surface area contributed by atoms with Crippen molar-refractivity contribution in [3.05, 3.63) is 28.8 Å². The third-order valence-electron chi connectivity index (χ3n) is 2.93. The normalized spacial score (nSPS) is 10.7. The molecule has 0 unspecified atom stereocenters. The number of anilines is 1. The topological polar surface area (TPSA) is 24.5 Å². The molecule has 1 rings (SSSR count). The second-order valence-corrected chi connectivity index (χ2v) is 4.53. The molecule has 0 heterocycles. The summed E-state index contributed by atoms with van der Waals surface area (Å²) in [4.78, 5) is 2.25. The van der Waals surface area contributed by atoms with Gasteiger partial charge in [-0.25, -0.2) is 0 Å². The lowest BCUT2D eigenvalue weighted by atomic mass is 10.2. The number of halogens is 1. The minimum Gasteiger partial charge on any atom is -0.383 e. The maximum Gasteiger partial charge on any atom is 0.0642 e. The zero-order valence-corrected chi connectivity index (χ0v) is 12.3. The summed E-state index contributed by atoms with van der Waals surface area (Å²) in [5.74, 6) is 0. The standard InChI is InChI=1S/C14H23ClN2O/c1-4-17(5-2)14-7-6-12(10-13(14)15)11-16-8-9-18-3/h6-7,10,16H,4-5,8-9,11H2,1-3H3. The molecular formula is C14H23ClN2O. The van der Waals surface area contributed by atoms with Crippen LogP contribution in [0.5, 0.6) is 0 Å². The highest BCUT2D eigenvalue weighted by molar-refractivity contribution is 6.33. The zero-order chi connectivity index (χ0) is 13.4. The van der Waals surface area contributed by atoms with Gasteiger partial charge in [-0.2, -0.15) is 0 Å². The number of ether oxygens (including phenoxy) is 1. The highest BCUT2D eigenvalue weighted by atomic mass is 35.5. The Balaban J connectivity index is 2.61. The predicted octanol–water partition coefficient (Wildman–Crippen LogP) is 2.92. The fourth-order valence-corrected chi connectivity index (χ4v) is 2.21. The molecule has 4 heteroatoms. The van der Waals surface area contributed by atoms with E-state index in [1.165, 1.54) is 5.56 Å². The van der Waals surface area contributed by atoms with Gasteiger partial charge in [0.25, 0.3) is 0 Å². The Morgan fingerprint density at radius 1 is 1.28 bits per heavy atom. The first-order chi connectivity index (χ1) is 8.72. The van der Waals surface area contributed by atoms with Crippen molar-refractivity contribution in [1.82, 2.24) is 5.32 Å². The first-order valence-electron chi connectivity index (χ1n) is 6.45. The van der Waals surface area contributed by atoms with E-state index < -0.39 is 0 Å². The SMILES string of the molecule is CCN(CC)c1ccc(CNCCOC)cc1Cl. The van der Waals surface area contributed by atoms with Crippen LogP contribution < -0.4 is 10.2 Å². The third-order valence-corrected chi connectivity index (χ3v) is 3.23. The van der Waals surface area contributed by atoms with Gasteiger partial charge in [-0.15, -0.1) is 0 Å².